The van der Waals surface area contributed by atoms with Crippen LogP contribution in [-0.4, -0.2) is 59.8 Å². The van der Waals surface area contributed by atoms with Crippen molar-refractivity contribution in [3.8, 4) is 11.8 Å². The van der Waals surface area contributed by atoms with E-state index in [1.807, 2.05) is 36.4 Å². The Hall–Kier alpha value is -3.47. The molecule has 1 aliphatic rings. The number of nitriles is 1. The number of benzene rings is 2. The van der Waals surface area contributed by atoms with Crippen LogP contribution in [0.4, 0.5) is 0 Å². The Balaban J connectivity index is 1.42. The fraction of sp³-hybridized carbons (Fsp3) is 0.292. The lowest BCUT2D eigenvalue weighted by molar-refractivity contribution is -0.122. The number of amides is 1. The number of carbonyl (C=O) groups is 1. The van der Waals surface area contributed by atoms with Crippen LogP contribution < -0.4 is 5.43 Å². The predicted molar refractivity (Wildman–Crippen MR) is 121 cm³/mol. The molecule has 0 atom stereocenters. The van der Waals surface area contributed by atoms with Gasteiger partial charge in [-0.25, -0.2) is 5.43 Å². The molecule has 1 aliphatic heterocycles. The van der Waals surface area contributed by atoms with Crippen molar-refractivity contribution in [1.82, 2.24) is 15.2 Å². The number of carbonyl (C=O) groups excluding carboxylic acids is 1. The number of hydrogen-bond donors (Lipinski definition) is 2. The number of allylic oxidation sites excluding steroid dienone is 1. The van der Waals surface area contributed by atoms with Crippen LogP contribution in [0.2, 0.25) is 0 Å². The summed E-state index contributed by atoms with van der Waals surface area (Å²) in [6, 6.07) is 15.2. The molecule has 0 spiro atoms. The van der Waals surface area contributed by atoms with Crippen molar-refractivity contribution in [3.05, 3.63) is 77.4 Å². The Morgan fingerprint density at radius 3 is 2.55 bits per heavy atom. The number of para-hydroxylation sites is 1. The molecule has 0 saturated carbocycles. The zero-order chi connectivity index (χ0) is 22.1. The summed E-state index contributed by atoms with van der Waals surface area (Å²) in [5.41, 5.74) is 5.71. The van der Waals surface area contributed by atoms with E-state index < -0.39 is 0 Å². The van der Waals surface area contributed by atoms with Gasteiger partial charge in [0, 0.05) is 38.3 Å². The molecule has 0 unspecified atom stereocenters. The third-order valence-electron chi connectivity index (χ3n) is 5.23. The topological polar surface area (TPSA) is 92.0 Å². The molecule has 0 aliphatic carbocycles. The molecule has 0 aromatic heterocycles. The van der Waals surface area contributed by atoms with Crippen LogP contribution in [0.3, 0.4) is 0 Å². The molecule has 1 amide bonds. The first-order valence-corrected chi connectivity index (χ1v) is 10.3. The normalized spacial score (nSPS) is 14.9. The average Bonchev–Trinajstić information content (AvgIpc) is 2.78. The molecule has 160 valence electrons. The fourth-order valence-corrected chi connectivity index (χ4v) is 3.50. The van der Waals surface area contributed by atoms with Crippen molar-refractivity contribution in [2.75, 3.05) is 32.7 Å². The zero-order valence-corrected chi connectivity index (χ0v) is 17.5. The maximum Gasteiger partial charge on any atom is 0.254 e. The number of phenolic OH excluding ortho intramolecular Hbond substituents is 1. The smallest absolute Gasteiger partial charge is 0.254 e. The van der Waals surface area contributed by atoms with Gasteiger partial charge in [0.25, 0.3) is 5.91 Å². The highest BCUT2D eigenvalue weighted by molar-refractivity contribution is 5.86. The van der Waals surface area contributed by atoms with Gasteiger partial charge >= 0.3 is 0 Å². The lowest BCUT2D eigenvalue weighted by atomic mass is 10.1. The number of piperazine rings is 1. The Bertz CT molecular complexity index is 970. The van der Waals surface area contributed by atoms with E-state index in [1.165, 1.54) is 11.8 Å². The van der Waals surface area contributed by atoms with E-state index in [9.17, 15) is 9.90 Å². The highest BCUT2D eigenvalue weighted by Gasteiger charge is 2.19. The minimum atomic E-state index is -0.182. The van der Waals surface area contributed by atoms with Gasteiger partial charge in [-0.3, -0.25) is 14.6 Å². The summed E-state index contributed by atoms with van der Waals surface area (Å²) in [6.07, 6.45) is 3.74. The van der Waals surface area contributed by atoms with Crippen molar-refractivity contribution < 1.29 is 9.90 Å². The van der Waals surface area contributed by atoms with Crippen molar-refractivity contribution in [1.29, 1.82) is 5.26 Å². The Labute approximate surface area is 182 Å². The second-order valence-electron chi connectivity index (χ2n) is 7.50. The highest BCUT2D eigenvalue weighted by Crippen LogP contribution is 2.21. The van der Waals surface area contributed by atoms with Crippen LogP contribution in [0, 0.1) is 11.3 Å². The molecule has 1 saturated heterocycles. The molecule has 7 nitrogen and oxygen atoms in total. The van der Waals surface area contributed by atoms with Gasteiger partial charge in [-0.1, -0.05) is 30.3 Å². The predicted octanol–water partition coefficient (Wildman–Crippen LogP) is 2.26. The second kappa shape index (κ2) is 11.1. The van der Waals surface area contributed by atoms with Gasteiger partial charge in [0.15, 0.2) is 0 Å². The van der Waals surface area contributed by atoms with Gasteiger partial charge in [-0.15, -0.1) is 6.58 Å². The standard InChI is InChI=1S/C24H27N5O2/c1-2-4-21-5-3-6-22(24(21)31)16-26-27-23(30)18-29-13-11-28(12-14-29)17-20-9-7-19(15-25)8-10-20/h2-3,5-10,16,31H,1,4,11-14,17-18H2,(H,27,30)/b26-16+. The Morgan fingerprint density at radius 2 is 1.87 bits per heavy atom. The summed E-state index contributed by atoms with van der Waals surface area (Å²) in [7, 11) is 0. The SMILES string of the molecule is C=CCc1cccc(/C=N/NC(=O)CN2CCN(Cc3ccc(C#N)cc3)CC2)c1O. The number of hydrazone groups is 1. The summed E-state index contributed by atoms with van der Waals surface area (Å²) in [5, 5.41) is 23.1. The van der Waals surface area contributed by atoms with E-state index in [-0.39, 0.29) is 18.2 Å². The molecule has 1 heterocycles. The molecule has 7 heteroatoms. The van der Waals surface area contributed by atoms with Crippen LogP contribution in [0.1, 0.15) is 22.3 Å². The maximum atomic E-state index is 12.2. The van der Waals surface area contributed by atoms with Crippen LogP contribution in [-0.2, 0) is 17.8 Å². The van der Waals surface area contributed by atoms with Gasteiger partial charge < -0.3 is 5.11 Å². The molecule has 31 heavy (non-hydrogen) atoms. The number of rotatable bonds is 8. The summed E-state index contributed by atoms with van der Waals surface area (Å²) < 4.78 is 0. The number of aromatic hydroxyl groups is 1. The molecular formula is C24H27N5O2. The number of phenols is 1. The van der Waals surface area contributed by atoms with Crippen molar-refractivity contribution in [2.45, 2.75) is 13.0 Å². The summed E-state index contributed by atoms with van der Waals surface area (Å²) in [6.45, 7) is 8.16. The molecule has 2 aromatic carbocycles. The lowest BCUT2D eigenvalue weighted by Gasteiger charge is -2.34. The van der Waals surface area contributed by atoms with Crippen molar-refractivity contribution >= 4 is 12.1 Å². The molecule has 1 fully saturated rings. The summed E-state index contributed by atoms with van der Waals surface area (Å²) >= 11 is 0. The Kier molecular flexibility index (Phi) is 7.93. The highest BCUT2D eigenvalue weighted by atomic mass is 16.3. The van der Waals surface area contributed by atoms with Crippen molar-refractivity contribution in [2.24, 2.45) is 5.10 Å². The zero-order valence-electron chi connectivity index (χ0n) is 17.5. The molecule has 3 rings (SSSR count). The quantitative estimate of drug-likeness (QED) is 0.391. The largest absolute Gasteiger partial charge is 0.507 e. The van der Waals surface area contributed by atoms with E-state index in [1.54, 1.807) is 12.1 Å². The third kappa shape index (κ3) is 6.51. The second-order valence-corrected chi connectivity index (χ2v) is 7.50. The maximum absolute atomic E-state index is 12.2. The summed E-state index contributed by atoms with van der Waals surface area (Å²) in [4.78, 5) is 16.6. The minimum absolute atomic E-state index is 0.152. The molecular weight excluding hydrogens is 390 g/mol. The van der Waals surface area contributed by atoms with E-state index in [2.05, 4.69) is 33.0 Å². The van der Waals surface area contributed by atoms with Crippen LogP contribution in [0.15, 0.2) is 60.2 Å². The third-order valence-corrected chi connectivity index (χ3v) is 5.23. The molecule has 2 N–H and O–H groups in total. The van der Waals surface area contributed by atoms with Crippen LogP contribution >= 0.6 is 0 Å². The molecule has 2 aromatic rings. The van der Waals surface area contributed by atoms with Crippen molar-refractivity contribution in [3.63, 3.8) is 0 Å². The first-order chi connectivity index (χ1) is 15.1. The van der Waals surface area contributed by atoms with E-state index >= 15 is 0 Å². The van der Waals surface area contributed by atoms with Gasteiger partial charge in [0.2, 0.25) is 0 Å². The van der Waals surface area contributed by atoms with Gasteiger partial charge in [0.05, 0.1) is 24.4 Å². The van der Waals surface area contributed by atoms with Gasteiger partial charge in [-0.05, 0) is 35.7 Å². The minimum Gasteiger partial charge on any atom is -0.507 e. The monoisotopic (exact) mass is 417 g/mol. The average molecular weight is 418 g/mol. The number of nitrogens with zero attached hydrogens (tertiary/aromatic N) is 4. The fourth-order valence-electron chi connectivity index (χ4n) is 3.50. The van der Waals surface area contributed by atoms with Crippen LogP contribution in [0.25, 0.3) is 0 Å². The first-order valence-electron chi connectivity index (χ1n) is 10.3. The molecule has 0 radical (unpaired) electrons. The Morgan fingerprint density at radius 1 is 1.16 bits per heavy atom. The lowest BCUT2D eigenvalue weighted by Crippen LogP contribution is -2.48. The van der Waals surface area contributed by atoms with E-state index in [0.29, 0.717) is 17.5 Å². The summed E-state index contributed by atoms with van der Waals surface area (Å²) in [5.74, 6) is -0.0303. The van der Waals surface area contributed by atoms with Gasteiger partial charge in [0.1, 0.15) is 5.75 Å². The van der Waals surface area contributed by atoms with Gasteiger partial charge in [-0.2, -0.15) is 10.4 Å². The molecule has 0 bridgehead atoms. The van der Waals surface area contributed by atoms with Crippen LogP contribution in [0.5, 0.6) is 5.75 Å². The first kappa shape index (κ1) is 22.2. The van der Waals surface area contributed by atoms with E-state index in [0.717, 1.165) is 38.3 Å². The number of hydrogen-bond acceptors (Lipinski definition) is 6. The number of nitrogens with one attached hydrogen (secondary N) is 1. The van der Waals surface area contributed by atoms with E-state index in [4.69, 9.17) is 5.26 Å².